The minimum atomic E-state index is 0.188. The van der Waals surface area contributed by atoms with Crippen molar-refractivity contribution in [2.24, 2.45) is 5.28 Å². The number of nitrogens with one attached hydrogen (secondary N) is 1. The molecule has 0 amide bonds. The summed E-state index contributed by atoms with van der Waals surface area (Å²) in [6.07, 6.45) is 4.34. The van der Waals surface area contributed by atoms with E-state index in [2.05, 4.69) is 10.6 Å². The fourth-order valence-electron chi connectivity index (χ4n) is 1.15. The van der Waals surface area contributed by atoms with Gasteiger partial charge in [-0.1, -0.05) is 12.8 Å². The molecule has 0 aromatic carbocycles. The Morgan fingerprint density at radius 2 is 2.00 bits per heavy atom. The van der Waals surface area contributed by atoms with Crippen LogP contribution in [0, 0.1) is 5.21 Å². The van der Waals surface area contributed by atoms with E-state index in [4.69, 9.17) is 5.21 Å². The first-order chi connectivity index (χ1) is 6.72. The van der Waals surface area contributed by atoms with Gasteiger partial charge in [0.1, 0.15) is 0 Å². The first kappa shape index (κ1) is 13.0. The molecule has 0 rings (SSSR count). The Bertz CT molecular complexity index is 163. The van der Waals surface area contributed by atoms with Crippen LogP contribution >= 0.6 is 0 Å². The third-order valence-electron chi connectivity index (χ3n) is 2.03. The van der Waals surface area contributed by atoms with Crippen LogP contribution in [0.4, 0.5) is 0 Å². The zero-order valence-corrected chi connectivity index (χ0v) is 8.94. The average molecular weight is 204 g/mol. The quantitative estimate of drug-likeness (QED) is 0.267. The van der Waals surface area contributed by atoms with Crippen molar-refractivity contribution >= 4 is 0 Å². The van der Waals surface area contributed by atoms with Gasteiger partial charge < -0.3 is 15.7 Å². The van der Waals surface area contributed by atoms with Crippen LogP contribution < -0.4 is 5.32 Å². The maximum absolute atomic E-state index is 10.7. The van der Waals surface area contributed by atoms with Gasteiger partial charge in [0.05, 0.1) is 18.6 Å². The van der Waals surface area contributed by atoms with Crippen molar-refractivity contribution in [1.29, 1.82) is 0 Å². The highest BCUT2D eigenvalue weighted by Crippen LogP contribution is 2.00. The molecule has 0 aromatic heterocycles. The molecule has 0 bridgehead atoms. The van der Waals surface area contributed by atoms with E-state index in [0.717, 1.165) is 32.2 Å². The molecule has 0 saturated carbocycles. The van der Waals surface area contributed by atoms with Crippen LogP contribution in [0.15, 0.2) is 5.28 Å². The first-order valence-corrected chi connectivity index (χ1v) is 4.90. The summed E-state index contributed by atoms with van der Waals surface area (Å²) >= 11 is 0. The molecule has 0 aromatic rings. The molecular weight excluding hydrogens is 184 g/mol. The zero-order valence-electron chi connectivity index (χ0n) is 8.94. The van der Waals surface area contributed by atoms with Gasteiger partial charge in [0.2, 0.25) is 5.28 Å². The third-order valence-corrected chi connectivity index (χ3v) is 2.03. The number of hydrazine groups is 1. The largest absolute Gasteiger partial charge is 0.569 e. The fourth-order valence-corrected chi connectivity index (χ4v) is 1.15. The molecular formula is C8H20N4O2. The summed E-state index contributed by atoms with van der Waals surface area (Å²) in [6.45, 7) is 1.66. The van der Waals surface area contributed by atoms with Crippen molar-refractivity contribution in [3.8, 4) is 0 Å². The number of nitrogens with zero attached hydrogens (tertiary/aromatic N) is 3. The Morgan fingerprint density at radius 1 is 1.36 bits per heavy atom. The lowest BCUT2D eigenvalue weighted by Crippen LogP contribution is -2.27. The Labute approximate surface area is 84.7 Å². The van der Waals surface area contributed by atoms with Crippen LogP contribution in [0.3, 0.4) is 0 Å². The van der Waals surface area contributed by atoms with E-state index < -0.39 is 0 Å². The smallest absolute Gasteiger partial charge is 0.230 e. The van der Waals surface area contributed by atoms with E-state index >= 15 is 0 Å². The van der Waals surface area contributed by atoms with Gasteiger partial charge in [-0.05, 0) is 26.4 Å². The number of rotatable bonds is 8. The van der Waals surface area contributed by atoms with Gasteiger partial charge in [0.25, 0.3) is 0 Å². The predicted molar refractivity (Wildman–Crippen MR) is 52.9 cm³/mol. The van der Waals surface area contributed by atoms with E-state index in [-0.39, 0.29) is 4.97 Å². The van der Waals surface area contributed by atoms with Gasteiger partial charge in [-0.3, -0.25) is 0 Å². The lowest BCUT2D eigenvalue weighted by Gasteiger charge is -2.11. The second-order valence-corrected chi connectivity index (χ2v) is 3.24. The molecule has 0 atom stereocenters. The summed E-state index contributed by atoms with van der Waals surface area (Å²) in [5.41, 5.74) is 0. The number of hydrogen-bond acceptors (Lipinski definition) is 3. The highest BCUT2D eigenvalue weighted by Gasteiger charge is 2.03. The Balaban J connectivity index is 3.27. The topological polar surface area (TPSA) is 73.9 Å². The summed E-state index contributed by atoms with van der Waals surface area (Å²) < 4.78 is 0. The van der Waals surface area contributed by atoms with E-state index in [1.54, 1.807) is 7.05 Å². The summed E-state index contributed by atoms with van der Waals surface area (Å²) in [4.78, 5) is 0.188. The van der Waals surface area contributed by atoms with Crippen LogP contribution in [0.25, 0.3) is 0 Å². The lowest BCUT2D eigenvalue weighted by molar-refractivity contribution is -0.704. The molecule has 0 saturated heterocycles. The second-order valence-electron chi connectivity index (χ2n) is 3.24. The monoisotopic (exact) mass is 204 g/mol. The maximum Gasteiger partial charge on any atom is 0.230 e. The molecule has 14 heavy (non-hydrogen) atoms. The standard InChI is InChI=1S/C8H20N4O2/c1-9-7-5-3-4-6-8-11(2)12(14)10-13/h9,13H,3-8H2,1-2H3. The van der Waals surface area contributed by atoms with E-state index in [1.807, 2.05) is 7.05 Å². The van der Waals surface area contributed by atoms with Crippen molar-refractivity contribution < 1.29 is 10.2 Å². The van der Waals surface area contributed by atoms with Crippen LogP contribution in [0.2, 0.25) is 0 Å². The highest BCUT2D eigenvalue weighted by molar-refractivity contribution is 4.46. The van der Waals surface area contributed by atoms with Gasteiger partial charge in [0, 0.05) is 0 Å². The Hall–Kier alpha value is -1.04. The van der Waals surface area contributed by atoms with Gasteiger partial charge >= 0.3 is 0 Å². The Morgan fingerprint density at radius 3 is 2.57 bits per heavy atom. The third kappa shape index (κ3) is 6.47. The van der Waals surface area contributed by atoms with Crippen molar-refractivity contribution in [1.82, 2.24) is 10.3 Å². The molecule has 0 spiro atoms. The van der Waals surface area contributed by atoms with Crippen molar-refractivity contribution in [3.05, 3.63) is 5.21 Å². The first-order valence-electron chi connectivity index (χ1n) is 4.90. The van der Waals surface area contributed by atoms with E-state index in [1.165, 1.54) is 5.01 Å². The summed E-state index contributed by atoms with van der Waals surface area (Å²) in [7, 11) is 3.53. The molecule has 0 aliphatic rings. The molecule has 84 valence electrons. The summed E-state index contributed by atoms with van der Waals surface area (Å²) in [6, 6.07) is 0. The highest BCUT2D eigenvalue weighted by atomic mass is 16.6. The summed E-state index contributed by atoms with van der Waals surface area (Å²) in [5.74, 6) is 0. The summed E-state index contributed by atoms with van der Waals surface area (Å²) in [5, 5.41) is 25.8. The number of unbranched alkanes of at least 4 members (excludes halogenated alkanes) is 3. The van der Waals surface area contributed by atoms with Gasteiger partial charge in [-0.15, -0.1) is 5.01 Å². The van der Waals surface area contributed by atoms with Gasteiger partial charge in [0.15, 0.2) is 0 Å². The van der Waals surface area contributed by atoms with Crippen LogP contribution in [0.5, 0.6) is 0 Å². The van der Waals surface area contributed by atoms with Crippen molar-refractivity contribution in [2.45, 2.75) is 25.7 Å². The molecule has 0 fully saturated rings. The molecule has 0 heterocycles. The van der Waals surface area contributed by atoms with Crippen LogP contribution in [-0.4, -0.2) is 42.4 Å². The normalized spacial score (nSPS) is 11.7. The lowest BCUT2D eigenvalue weighted by atomic mass is 10.2. The van der Waals surface area contributed by atoms with E-state index in [9.17, 15) is 5.21 Å². The molecule has 0 aliphatic heterocycles. The Kier molecular flexibility index (Phi) is 7.92. The number of hydrogen-bond donors (Lipinski definition) is 2. The van der Waals surface area contributed by atoms with Crippen LogP contribution in [-0.2, 0) is 0 Å². The minimum Gasteiger partial charge on any atom is -0.569 e. The molecule has 6 nitrogen and oxygen atoms in total. The minimum absolute atomic E-state index is 0.188. The average Bonchev–Trinajstić information content (AvgIpc) is 2.21. The maximum atomic E-state index is 10.7. The molecule has 0 radical (unpaired) electrons. The van der Waals surface area contributed by atoms with E-state index in [0.29, 0.717) is 6.54 Å². The molecule has 0 unspecified atom stereocenters. The van der Waals surface area contributed by atoms with Crippen molar-refractivity contribution in [3.63, 3.8) is 0 Å². The fraction of sp³-hybridized carbons (Fsp3) is 1.00. The van der Waals surface area contributed by atoms with Crippen molar-refractivity contribution in [2.75, 3.05) is 27.2 Å². The second kappa shape index (κ2) is 8.55. The van der Waals surface area contributed by atoms with Crippen LogP contribution in [0.1, 0.15) is 25.7 Å². The predicted octanol–water partition coefficient (Wildman–Crippen LogP) is 0.965. The molecule has 0 aliphatic carbocycles. The zero-order chi connectivity index (χ0) is 10.8. The molecule has 6 heteroatoms. The van der Waals surface area contributed by atoms with Gasteiger partial charge in [-0.2, -0.15) is 0 Å². The van der Waals surface area contributed by atoms with Gasteiger partial charge in [-0.25, -0.2) is 0 Å². The molecule has 2 N–H and O–H groups in total. The SMILES string of the molecule is CNCCCCCCN(C)[N+]([O-])=NO.